The van der Waals surface area contributed by atoms with E-state index in [-0.39, 0.29) is 12.3 Å². The molecule has 0 aromatic heterocycles. The number of nitrogens with zero attached hydrogens (tertiary/aromatic N) is 1. The molecule has 154 valence electrons. The number of hydrogen-bond acceptors (Lipinski definition) is 8. The van der Waals surface area contributed by atoms with Crippen molar-refractivity contribution in [3.63, 3.8) is 0 Å². The number of ether oxygens (including phenoxy) is 1. The SMILES string of the molecule is CN=C(C(=O)NC(C)(CO)C(=O)NC)c1cc(OC/C(S)=C(\C)N)ccc1N. The van der Waals surface area contributed by atoms with Crippen LogP contribution in [0.3, 0.4) is 0 Å². The number of nitrogens with one attached hydrogen (secondary N) is 2. The quantitative estimate of drug-likeness (QED) is 0.199. The van der Waals surface area contributed by atoms with Crippen LogP contribution < -0.4 is 26.8 Å². The second-order valence-electron chi connectivity index (χ2n) is 6.26. The Morgan fingerprint density at radius 1 is 1.39 bits per heavy atom. The highest BCUT2D eigenvalue weighted by molar-refractivity contribution is 7.84. The summed E-state index contributed by atoms with van der Waals surface area (Å²) in [6.45, 7) is 2.66. The summed E-state index contributed by atoms with van der Waals surface area (Å²) < 4.78 is 5.62. The Kier molecular flexibility index (Phi) is 8.33. The van der Waals surface area contributed by atoms with Crippen molar-refractivity contribution in [3.8, 4) is 5.75 Å². The van der Waals surface area contributed by atoms with Crippen molar-refractivity contribution in [3.05, 3.63) is 34.4 Å². The van der Waals surface area contributed by atoms with Gasteiger partial charge in [-0.05, 0) is 32.0 Å². The van der Waals surface area contributed by atoms with Crippen LogP contribution in [0.2, 0.25) is 0 Å². The number of carbonyl (C=O) groups is 2. The summed E-state index contributed by atoms with van der Waals surface area (Å²) in [6.07, 6.45) is 0. The van der Waals surface area contributed by atoms with Crippen LogP contribution in [0.15, 0.2) is 33.8 Å². The first-order chi connectivity index (χ1) is 13.1. The minimum Gasteiger partial charge on any atom is -0.488 e. The number of aliphatic hydroxyl groups is 1. The fraction of sp³-hybridized carbons (Fsp3) is 0.389. The van der Waals surface area contributed by atoms with Gasteiger partial charge in [0.15, 0.2) is 0 Å². The van der Waals surface area contributed by atoms with Gasteiger partial charge in [0.05, 0.1) is 6.61 Å². The number of allylic oxidation sites excluding steroid dienone is 1. The van der Waals surface area contributed by atoms with Gasteiger partial charge < -0.3 is 31.9 Å². The Morgan fingerprint density at radius 3 is 2.54 bits per heavy atom. The lowest BCUT2D eigenvalue weighted by molar-refractivity contribution is -0.132. The highest BCUT2D eigenvalue weighted by Gasteiger charge is 2.35. The van der Waals surface area contributed by atoms with Gasteiger partial charge in [0, 0.05) is 35.9 Å². The monoisotopic (exact) mass is 409 g/mol. The Labute approximate surface area is 169 Å². The smallest absolute Gasteiger partial charge is 0.271 e. The van der Waals surface area contributed by atoms with Crippen LogP contribution in [0.4, 0.5) is 5.69 Å². The second-order valence-corrected chi connectivity index (χ2v) is 6.80. The Bertz CT molecular complexity index is 805. The van der Waals surface area contributed by atoms with Gasteiger partial charge in [-0.2, -0.15) is 0 Å². The normalized spacial score (nSPS) is 14.6. The summed E-state index contributed by atoms with van der Waals surface area (Å²) in [4.78, 5) is 29.3. The van der Waals surface area contributed by atoms with E-state index in [0.717, 1.165) is 0 Å². The lowest BCUT2D eigenvalue weighted by atomic mass is 10.0. The third-order valence-electron chi connectivity index (χ3n) is 3.98. The van der Waals surface area contributed by atoms with E-state index in [4.69, 9.17) is 16.2 Å². The zero-order valence-electron chi connectivity index (χ0n) is 16.4. The predicted molar refractivity (Wildman–Crippen MR) is 112 cm³/mol. The molecule has 1 atom stereocenters. The van der Waals surface area contributed by atoms with E-state index in [1.807, 2.05) is 0 Å². The summed E-state index contributed by atoms with van der Waals surface area (Å²) in [6, 6.07) is 4.77. The van der Waals surface area contributed by atoms with Crippen molar-refractivity contribution in [1.82, 2.24) is 10.6 Å². The Morgan fingerprint density at radius 2 is 2.04 bits per heavy atom. The van der Waals surface area contributed by atoms with E-state index in [1.54, 1.807) is 25.1 Å². The number of hydrogen-bond donors (Lipinski definition) is 6. The molecule has 0 saturated heterocycles. The number of benzene rings is 1. The molecular formula is C18H27N5O4S. The predicted octanol–water partition coefficient (Wildman–Crippen LogP) is -0.200. The van der Waals surface area contributed by atoms with Gasteiger partial charge in [0.1, 0.15) is 23.6 Å². The maximum Gasteiger partial charge on any atom is 0.271 e. The van der Waals surface area contributed by atoms with Gasteiger partial charge in [-0.1, -0.05) is 0 Å². The van der Waals surface area contributed by atoms with Crippen LogP contribution in [0.5, 0.6) is 5.75 Å². The zero-order valence-corrected chi connectivity index (χ0v) is 17.3. The standard InChI is InChI=1S/C18H27N5O4S/c1-10(19)14(28)8-27-11-5-6-13(20)12(7-11)15(21-3)16(25)23-18(2,9-24)17(26)22-4/h5-7,24,28H,8-9,19-20H2,1-4H3,(H,22,26)(H,23,25)/b14-10-,21-15?. The van der Waals surface area contributed by atoms with Gasteiger partial charge >= 0.3 is 0 Å². The van der Waals surface area contributed by atoms with Crippen LogP contribution in [-0.4, -0.2) is 55.5 Å². The van der Waals surface area contributed by atoms with Crippen LogP contribution in [0, 0.1) is 0 Å². The number of nitrogen functional groups attached to an aromatic ring is 1. The summed E-state index contributed by atoms with van der Waals surface area (Å²) in [7, 11) is 2.83. The van der Waals surface area contributed by atoms with Crippen LogP contribution in [0.25, 0.3) is 0 Å². The lowest BCUT2D eigenvalue weighted by Crippen LogP contribution is -2.60. The number of aliphatic imine (C=N–C) groups is 1. The largest absolute Gasteiger partial charge is 0.488 e. The van der Waals surface area contributed by atoms with E-state index in [2.05, 4.69) is 28.3 Å². The molecule has 0 aliphatic carbocycles. The number of aliphatic hydroxyl groups excluding tert-OH is 1. The summed E-state index contributed by atoms with van der Waals surface area (Å²) in [5.41, 5.74) is 11.3. The highest BCUT2D eigenvalue weighted by Crippen LogP contribution is 2.22. The van der Waals surface area contributed by atoms with Gasteiger partial charge in [-0.3, -0.25) is 14.6 Å². The number of carbonyl (C=O) groups excluding carboxylic acids is 2. The number of amides is 2. The van der Waals surface area contributed by atoms with Crippen molar-refractivity contribution >= 4 is 35.8 Å². The molecule has 1 aromatic carbocycles. The first-order valence-electron chi connectivity index (χ1n) is 8.38. The molecule has 0 fully saturated rings. The van der Waals surface area contributed by atoms with Crippen LogP contribution in [-0.2, 0) is 9.59 Å². The van der Waals surface area contributed by atoms with Crippen LogP contribution in [0.1, 0.15) is 19.4 Å². The second kappa shape index (κ2) is 10.00. The molecule has 1 aromatic rings. The maximum absolute atomic E-state index is 12.7. The fourth-order valence-corrected chi connectivity index (χ4v) is 2.26. The molecule has 10 heteroatoms. The Balaban J connectivity index is 3.15. The molecule has 9 nitrogen and oxygen atoms in total. The fourth-order valence-electron chi connectivity index (χ4n) is 2.19. The average Bonchev–Trinajstić information content (AvgIpc) is 2.67. The highest BCUT2D eigenvalue weighted by atomic mass is 32.1. The number of likely N-dealkylation sites (N-methyl/N-ethyl adjacent to an activating group) is 1. The van der Waals surface area contributed by atoms with Crippen LogP contribution >= 0.6 is 12.6 Å². The third kappa shape index (κ3) is 5.64. The van der Waals surface area contributed by atoms with Crippen molar-refractivity contribution in [1.29, 1.82) is 0 Å². The van der Waals surface area contributed by atoms with E-state index in [1.165, 1.54) is 21.0 Å². The zero-order chi connectivity index (χ0) is 21.5. The van der Waals surface area contributed by atoms with E-state index >= 15 is 0 Å². The van der Waals surface area contributed by atoms with E-state index in [9.17, 15) is 14.7 Å². The number of anilines is 1. The molecule has 0 radical (unpaired) electrons. The molecule has 0 saturated carbocycles. The molecule has 2 amide bonds. The van der Waals surface area contributed by atoms with Crippen molar-refractivity contribution < 1.29 is 19.4 Å². The maximum atomic E-state index is 12.7. The van der Waals surface area contributed by atoms with Crippen molar-refractivity contribution in [2.75, 3.05) is 33.0 Å². The minimum absolute atomic E-state index is 0.0110. The molecule has 0 spiro atoms. The van der Waals surface area contributed by atoms with Gasteiger partial charge in [0.2, 0.25) is 5.91 Å². The number of thiol groups is 1. The molecule has 0 aliphatic rings. The third-order valence-corrected chi connectivity index (χ3v) is 4.46. The molecule has 0 aliphatic heterocycles. The summed E-state index contributed by atoms with van der Waals surface area (Å²) >= 11 is 4.23. The average molecular weight is 410 g/mol. The molecule has 0 bridgehead atoms. The molecular weight excluding hydrogens is 382 g/mol. The molecule has 0 heterocycles. The summed E-state index contributed by atoms with van der Waals surface area (Å²) in [5, 5.41) is 14.4. The van der Waals surface area contributed by atoms with Crippen molar-refractivity contribution in [2.24, 2.45) is 10.7 Å². The van der Waals surface area contributed by atoms with E-state index in [0.29, 0.717) is 27.6 Å². The molecule has 1 unspecified atom stereocenters. The van der Waals surface area contributed by atoms with Crippen molar-refractivity contribution in [2.45, 2.75) is 19.4 Å². The Hall–Kier alpha value is -2.72. The lowest BCUT2D eigenvalue weighted by Gasteiger charge is -2.27. The molecule has 7 N–H and O–H groups in total. The summed E-state index contributed by atoms with van der Waals surface area (Å²) in [5.74, 6) is -0.782. The molecule has 1 rings (SSSR count). The minimum atomic E-state index is -1.52. The van der Waals surface area contributed by atoms with Gasteiger partial charge in [0.25, 0.3) is 5.91 Å². The van der Waals surface area contributed by atoms with Gasteiger partial charge in [-0.25, -0.2) is 0 Å². The van der Waals surface area contributed by atoms with E-state index < -0.39 is 24.0 Å². The number of rotatable bonds is 8. The molecule has 28 heavy (non-hydrogen) atoms. The first kappa shape index (κ1) is 23.3. The topological polar surface area (TPSA) is 152 Å². The number of nitrogens with two attached hydrogens (primary N) is 2. The van der Waals surface area contributed by atoms with Gasteiger partial charge in [-0.15, -0.1) is 12.6 Å². The first-order valence-corrected chi connectivity index (χ1v) is 8.83.